The van der Waals surface area contributed by atoms with Crippen LogP contribution in [0.15, 0.2) is 18.2 Å². The molecule has 2 fully saturated rings. The number of hydrogen-bond acceptors (Lipinski definition) is 4. The third-order valence-corrected chi connectivity index (χ3v) is 4.76. The predicted molar refractivity (Wildman–Crippen MR) is 77.3 cm³/mol. The average Bonchev–Trinajstić information content (AvgIpc) is 2.45. The molecule has 1 saturated heterocycles. The van der Waals surface area contributed by atoms with Crippen LogP contribution in [0.4, 0.5) is 4.39 Å². The minimum Gasteiger partial charge on any atom is -0.494 e. The van der Waals surface area contributed by atoms with Crippen LogP contribution in [0.2, 0.25) is 0 Å². The van der Waals surface area contributed by atoms with Crippen LogP contribution in [0.5, 0.6) is 5.75 Å². The normalized spacial score (nSPS) is 24.0. The van der Waals surface area contributed by atoms with Crippen molar-refractivity contribution in [2.45, 2.75) is 37.5 Å². The molecule has 1 unspecified atom stereocenters. The lowest BCUT2D eigenvalue weighted by atomic mass is 9.74. The summed E-state index contributed by atoms with van der Waals surface area (Å²) in [5.41, 5.74) is 0.734. The summed E-state index contributed by atoms with van der Waals surface area (Å²) in [4.78, 5) is 13.3. The second-order valence-electron chi connectivity index (χ2n) is 6.07. The first-order valence-corrected chi connectivity index (χ1v) is 7.46. The number of methoxy groups -OCH3 is 1. The SMILES string of the molecule is COc1ccc(CN2CC(C(=O)O)OCC23CCC3)cc1F. The quantitative estimate of drug-likeness (QED) is 0.922. The fraction of sp³-hybridized carbons (Fsp3) is 0.562. The summed E-state index contributed by atoms with van der Waals surface area (Å²) in [5.74, 6) is -1.13. The molecule has 120 valence electrons. The van der Waals surface area contributed by atoms with E-state index in [0.29, 0.717) is 19.7 Å². The van der Waals surface area contributed by atoms with Crippen molar-refractivity contribution in [2.75, 3.05) is 20.3 Å². The van der Waals surface area contributed by atoms with E-state index in [2.05, 4.69) is 4.90 Å². The largest absolute Gasteiger partial charge is 0.494 e. The Morgan fingerprint density at radius 3 is 2.86 bits per heavy atom. The van der Waals surface area contributed by atoms with Crippen molar-refractivity contribution in [2.24, 2.45) is 0 Å². The van der Waals surface area contributed by atoms with Gasteiger partial charge in [0.1, 0.15) is 0 Å². The molecule has 2 aliphatic rings. The number of carboxylic acids is 1. The molecule has 0 aromatic heterocycles. The van der Waals surface area contributed by atoms with Gasteiger partial charge in [-0.1, -0.05) is 6.07 Å². The molecule has 22 heavy (non-hydrogen) atoms. The van der Waals surface area contributed by atoms with Gasteiger partial charge in [0.2, 0.25) is 0 Å². The van der Waals surface area contributed by atoms with Gasteiger partial charge in [0.05, 0.1) is 13.7 Å². The highest BCUT2D eigenvalue weighted by Gasteiger charge is 2.48. The summed E-state index contributed by atoms with van der Waals surface area (Å²) < 4.78 is 24.3. The van der Waals surface area contributed by atoms with Gasteiger partial charge < -0.3 is 14.6 Å². The molecule has 0 bridgehead atoms. The summed E-state index contributed by atoms with van der Waals surface area (Å²) in [5, 5.41) is 9.17. The Morgan fingerprint density at radius 1 is 1.55 bits per heavy atom. The maximum Gasteiger partial charge on any atom is 0.334 e. The molecule has 1 N–H and O–H groups in total. The molecule has 1 saturated carbocycles. The van der Waals surface area contributed by atoms with Crippen molar-refractivity contribution in [3.63, 3.8) is 0 Å². The van der Waals surface area contributed by atoms with Crippen LogP contribution in [0.25, 0.3) is 0 Å². The van der Waals surface area contributed by atoms with E-state index in [9.17, 15) is 9.18 Å². The maximum atomic E-state index is 13.8. The van der Waals surface area contributed by atoms with E-state index in [1.165, 1.54) is 13.2 Å². The third kappa shape index (κ3) is 2.68. The van der Waals surface area contributed by atoms with Crippen molar-refractivity contribution in [3.8, 4) is 5.75 Å². The lowest BCUT2D eigenvalue weighted by Crippen LogP contribution is -2.63. The molecule has 1 aliphatic carbocycles. The Labute approximate surface area is 128 Å². The van der Waals surface area contributed by atoms with Crippen LogP contribution in [0.1, 0.15) is 24.8 Å². The number of rotatable bonds is 4. The smallest absolute Gasteiger partial charge is 0.334 e. The highest BCUT2D eigenvalue weighted by atomic mass is 19.1. The molecule has 1 heterocycles. The van der Waals surface area contributed by atoms with E-state index < -0.39 is 17.9 Å². The number of carboxylic acid groups (broad SMARTS) is 1. The van der Waals surface area contributed by atoms with E-state index in [4.69, 9.17) is 14.6 Å². The van der Waals surface area contributed by atoms with Crippen molar-refractivity contribution < 1.29 is 23.8 Å². The van der Waals surface area contributed by atoms with Gasteiger partial charge in [-0.15, -0.1) is 0 Å². The second-order valence-corrected chi connectivity index (χ2v) is 6.07. The van der Waals surface area contributed by atoms with E-state index in [1.54, 1.807) is 6.07 Å². The topological polar surface area (TPSA) is 59.0 Å². The molecule has 1 spiro atoms. The first-order valence-electron chi connectivity index (χ1n) is 7.46. The maximum absolute atomic E-state index is 13.8. The summed E-state index contributed by atoms with van der Waals surface area (Å²) >= 11 is 0. The Kier molecular flexibility index (Phi) is 4.06. The van der Waals surface area contributed by atoms with Crippen molar-refractivity contribution in [1.82, 2.24) is 4.90 Å². The lowest BCUT2D eigenvalue weighted by molar-refractivity contribution is -0.178. The van der Waals surface area contributed by atoms with Crippen molar-refractivity contribution >= 4 is 5.97 Å². The number of nitrogens with zero attached hydrogens (tertiary/aromatic N) is 1. The van der Waals surface area contributed by atoms with E-state index in [0.717, 1.165) is 24.8 Å². The minimum absolute atomic E-state index is 0.0810. The van der Waals surface area contributed by atoms with Crippen LogP contribution in [0.3, 0.4) is 0 Å². The molecule has 1 aliphatic heterocycles. The summed E-state index contributed by atoms with van der Waals surface area (Å²) in [6.07, 6.45) is 2.30. The van der Waals surface area contributed by atoms with E-state index in [1.807, 2.05) is 6.07 Å². The van der Waals surface area contributed by atoms with Crippen LogP contribution in [-0.4, -0.2) is 47.9 Å². The van der Waals surface area contributed by atoms with Gasteiger partial charge in [-0.3, -0.25) is 4.90 Å². The fourth-order valence-corrected chi connectivity index (χ4v) is 3.25. The standard InChI is InChI=1S/C16H20FNO4/c1-21-13-4-3-11(7-12(13)17)8-18-9-14(15(19)20)22-10-16(18)5-2-6-16/h3-4,7,14H,2,5-6,8-10H2,1H3,(H,19,20). The van der Waals surface area contributed by atoms with E-state index >= 15 is 0 Å². The molecule has 6 heteroatoms. The summed E-state index contributed by atoms with van der Waals surface area (Å²) in [6, 6.07) is 4.88. The number of benzene rings is 1. The number of halogens is 1. The molecule has 1 aromatic carbocycles. The fourth-order valence-electron chi connectivity index (χ4n) is 3.25. The zero-order chi connectivity index (χ0) is 15.7. The van der Waals surface area contributed by atoms with Gasteiger partial charge in [-0.2, -0.15) is 0 Å². The summed E-state index contributed by atoms with van der Waals surface area (Å²) in [7, 11) is 1.43. The van der Waals surface area contributed by atoms with Gasteiger partial charge in [0.25, 0.3) is 0 Å². The predicted octanol–water partition coefficient (Wildman–Crippen LogP) is 2.04. The summed E-state index contributed by atoms with van der Waals surface area (Å²) in [6.45, 7) is 1.29. The Morgan fingerprint density at radius 2 is 2.32 bits per heavy atom. The van der Waals surface area contributed by atoms with E-state index in [-0.39, 0.29) is 11.3 Å². The Bertz CT molecular complexity index is 573. The highest BCUT2D eigenvalue weighted by Crippen LogP contribution is 2.41. The molecular weight excluding hydrogens is 289 g/mol. The van der Waals surface area contributed by atoms with Gasteiger partial charge >= 0.3 is 5.97 Å². The first-order chi connectivity index (χ1) is 10.5. The molecule has 3 rings (SSSR count). The molecule has 0 radical (unpaired) electrons. The lowest BCUT2D eigenvalue weighted by Gasteiger charge is -2.54. The number of hydrogen-bond donors (Lipinski definition) is 1. The third-order valence-electron chi connectivity index (χ3n) is 4.76. The Hall–Kier alpha value is -1.66. The van der Waals surface area contributed by atoms with Gasteiger partial charge in [-0.25, -0.2) is 9.18 Å². The molecule has 1 atom stereocenters. The van der Waals surface area contributed by atoms with Crippen LogP contribution < -0.4 is 4.74 Å². The molecule has 0 amide bonds. The van der Waals surface area contributed by atoms with Gasteiger partial charge in [0.15, 0.2) is 17.7 Å². The van der Waals surface area contributed by atoms with Gasteiger partial charge in [0, 0.05) is 18.6 Å². The molecule has 5 nitrogen and oxygen atoms in total. The number of morpholine rings is 1. The van der Waals surface area contributed by atoms with Crippen molar-refractivity contribution in [1.29, 1.82) is 0 Å². The monoisotopic (exact) mass is 309 g/mol. The number of ether oxygens (including phenoxy) is 2. The average molecular weight is 309 g/mol. The van der Waals surface area contributed by atoms with Gasteiger partial charge in [-0.05, 0) is 37.0 Å². The Balaban J connectivity index is 1.78. The van der Waals surface area contributed by atoms with Crippen LogP contribution >= 0.6 is 0 Å². The zero-order valence-electron chi connectivity index (χ0n) is 12.5. The van der Waals surface area contributed by atoms with Crippen LogP contribution in [-0.2, 0) is 16.1 Å². The molecule has 1 aromatic rings. The minimum atomic E-state index is -0.944. The first kappa shape index (κ1) is 15.2. The number of aliphatic carboxylic acids is 1. The number of carbonyl (C=O) groups is 1. The zero-order valence-corrected chi connectivity index (χ0v) is 12.5. The van der Waals surface area contributed by atoms with Crippen molar-refractivity contribution in [3.05, 3.63) is 29.6 Å². The van der Waals surface area contributed by atoms with Crippen LogP contribution in [0, 0.1) is 5.82 Å². The second kappa shape index (κ2) is 5.85. The molecular formula is C16H20FNO4. The highest BCUT2D eigenvalue weighted by molar-refractivity contribution is 5.72.